The molecule has 1 atom stereocenters. The van der Waals surface area contributed by atoms with Crippen molar-refractivity contribution in [1.29, 1.82) is 0 Å². The van der Waals surface area contributed by atoms with Gasteiger partial charge in [-0.25, -0.2) is 8.51 Å². The fraction of sp³-hybridized carbons (Fsp3) is 1.00. The molecule has 0 N–H and O–H groups in total. The third kappa shape index (κ3) is 2.12. The maximum atomic E-state index is 13.2. The second-order valence-electron chi connectivity index (χ2n) is 7.96. The van der Waals surface area contributed by atoms with E-state index in [9.17, 15) is 4.21 Å². The van der Waals surface area contributed by atoms with E-state index in [1.54, 1.807) is 0 Å². The molecule has 1 saturated heterocycles. The van der Waals surface area contributed by atoms with Crippen LogP contribution in [0.2, 0.25) is 0 Å². The van der Waals surface area contributed by atoms with Crippen LogP contribution in [-0.2, 0) is 11.0 Å². The lowest BCUT2D eigenvalue weighted by molar-refractivity contribution is 0.0336. The van der Waals surface area contributed by atoms with Gasteiger partial charge in [-0.05, 0) is 75.0 Å². The normalized spacial score (nSPS) is 48.6. The van der Waals surface area contributed by atoms with Gasteiger partial charge in [-0.2, -0.15) is 0 Å². The van der Waals surface area contributed by atoms with Crippen LogP contribution in [0.25, 0.3) is 0 Å². The molecule has 2 nitrogen and oxygen atoms in total. The Balaban J connectivity index is 1.53. The van der Waals surface area contributed by atoms with Crippen LogP contribution in [-0.4, -0.2) is 26.4 Å². The number of hydrogen-bond donors (Lipinski definition) is 0. The van der Waals surface area contributed by atoms with Crippen LogP contribution in [0.1, 0.15) is 58.3 Å². The van der Waals surface area contributed by atoms with Gasteiger partial charge in [0.15, 0.2) is 0 Å². The summed E-state index contributed by atoms with van der Waals surface area (Å²) in [5.41, 5.74) is 0. The van der Waals surface area contributed by atoms with Crippen molar-refractivity contribution in [1.82, 2.24) is 4.31 Å². The Hall–Kier alpha value is 0.110. The van der Waals surface area contributed by atoms with E-state index in [4.69, 9.17) is 0 Å². The molecule has 4 aliphatic carbocycles. The summed E-state index contributed by atoms with van der Waals surface area (Å²) in [5, 5.41) is 0. The third-order valence-electron chi connectivity index (χ3n) is 6.33. The molecule has 5 aliphatic rings. The Morgan fingerprint density at radius 2 is 1.42 bits per heavy atom. The highest BCUT2D eigenvalue weighted by molar-refractivity contribution is 7.84. The lowest BCUT2D eigenvalue weighted by Crippen LogP contribution is -2.56. The Morgan fingerprint density at radius 1 is 0.947 bits per heavy atom. The van der Waals surface area contributed by atoms with Crippen molar-refractivity contribution >= 4 is 11.0 Å². The molecule has 1 aliphatic heterocycles. The predicted octanol–water partition coefficient (Wildman–Crippen LogP) is 3.35. The Labute approximate surface area is 119 Å². The SMILES string of the molecule is CC1CCN([S@@](=O)C23CC4CC(CC(C4)C2)C3)CC1. The number of hydrogen-bond acceptors (Lipinski definition) is 1. The summed E-state index contributed by atoms with van der Waals surface area (Å²) in [6.45, 7) is 4.50. The average molecular weight is 281 g/mol. The first-order chi connectivity index (χ1) is 9.14. The molecule has 4 saturated carbocycles. The average Bonchev–Trinajstić information content (AvgIpc) is 2.37. The topological polar surface area (TPSA) is 20.3 Å². The summed E-state index contributed by atoms with van der Waals surface area (Å²) < 4.78 is 15.7. The molecule has 0 aromatic rings. The molecule has 1 heterocycles. The Kier molecular flexibility index (Phi) is 3.07. The predicted molar refractivity (Wildman–Crippen MR) is 79.0 cm³/mol. The smallest absolute Gasteiger partial charge is 0.101 e. The molecule has 0 aromatic carbocycles. The monoisotopic (exact) mass is 281 g/mol. The van der Waals surface area contributed by atoms with Gasteiger partial charge in [-0.15, -0.1) is 0 Å². The van der Waals surface area contributed by atoms with Gasteiger partial charge in [-0.1, -0.05) is 6.92 Å². The van der Waals surface area contributed by atoms with Crippen LogP contribution in [0.5, 0.6) is 0 Å². The first-order valence-corrected chi connectivity index (χ1v) is 9.42. The van der Waals surface area contributed by atoms with Crippen molar-refractivity contribution in [3.63, 3.8) is 0 Å². The fourth-order valence-corrected chi connectivity index (χ4v) is 7.89. The van der Waals surface area contributed by atoms with Crippen LogP contribution < -0.4 is 0 Å². The largest absolute Gasteiger partial charge is 0.242 e. The summed E-state index contributed by atoms with van der Waals surface area (Å²) in [6.07, 6.45) is 10.7. The highest BCUT2D eigenvalue weighted by atomic mass is 32.2. The van der Waals surface area contributed by atoms with E-state index in [0.29, 0.717) is 0 Å². The Bertz CT molecular complexity index is 351. The second kappa shape index (κ2) is 4.56. The zero-order chi connectivity index (χ0) is 13.0. The van der Waals surface area contributed by atoms with Crippen molar-refractivity contribution in [3.05, 3.63) is 0 Å². The highest BCUT2D eigenvalue weighted by Crippen LogP contribution is 2.58. The van der Waals surface area contributed by atoms with Crippen molar-refractivity contribution in [3.8, 4) is 0 Å². The molecule has 5 fully saturated rings. The first kappa shape index (κ1) is 12.8. The zero-order valence-corrected chi connectivity index (χ0v) is 13.0. The molecular formula is C16H27NOS. The molecule has 19 heavy (non-hydrogen) atoms. The summed E-state index contributed by atoms with van der Waals surface area (Å²) >= 11 is 0. The van der Waals surface area contributed by atoms with E-state index in [1.807, 2.05) is 0 Å². The Morgan fingerprint density at radius 3 is 1.89 bits per heavy atom. The summed E-state index contributed by atoms with van der Waals surface area (Å²) in [7, 11) is -0.693. The van der Waals surface area contributed by atoms with Crippen molar-refractivity contribution in [2.75, 3.05) is 13.1 Å². The van der Waals surface area contributed by atoms with Crippen LogP contribution in [0.4, 0.5) is 0 Å². The minimum Gasteiger partial charge on any atom is -0.242 e. The van der Waals surface area contributed by atoms with E-state index >= 15 is 0 Å². The van der Waals surface area contributed by atoms with E-state index in [-0.39, 0.29) is 4.75 Å². The van der Waals surface area contributed by atoms with Gasteiger partial charge in [0.25, 0.3) is 0 Å². The summed E-state index contributed by atoms with van der Waals surface area (Å²) in [5.74, 6) is 3.58. The van der Waals surface area contributed by atoms with Gasteiger partial charge in [-0.3, -0.25) is 0 Å². The van der Waals surface area contributed by atoms with Gasteiger partial charge in [0.2, 0.25) is 0 Å². The molecule has 0 spiro atoms. The molecule has 4 bridgehead atoms. The minimum atomic E-state index is -0.693. The van der Waals surface area contributed by atoms with Crippen molar-refractivity contribution in [2.24, 2.45) is 23.7 Å². The van der Waals surface area contributed by atoms with Crippen LogP contribution >= 0.6 is 0 Å². The van der Waals surface area contributed by atoms with Gasteiger partial charge in [0.05, 0.1) is 4.75 Å². The number of rotatable bonds is 2. The van der Waals surface area contributed by atoms with Gasteiger partial charge >= 0.3 is 0 Å². The maximum absolute atomic E-state index is 13.2. The third-order valence-corrected chi connectivity index (χ3v) is 8.40. The summed E-state index contributed by atoms with van der Waals surface area (Å²) in [6, 6.07) is 0. The van der Waals surface area contributed by atoms with Crippen LogP contribution in [0, 0.1) is 23.7 Å². The standard InChI is InChI=1S/C16H27NOS/c1-12-2-4-17(5-3-12)19(18)16-9-13-6-14(10-16)8-15(7-13)11-16/h12-15H,2-11H2,1H3/t13?,14?,15?,16?,19-/m0/s1. The maximum Gasteiger partial charge on any atom is 0.101 e. The molecule has 5 rings (SSSR count). The lowest BCUT2D eigenvalue weighted by Gasteiger charge is -2.57. The zero-order valence-electron chi connectivity index (χ0n) is 12.1. The van der Waals surface area contributed by atoms with E-state index < -0.39 is 11.0 Å². The quantitative estimate of drug-likeness (QED) is 0.760. The molecule has 3 heteroatoms. The molecule has 0 amide bonds. The molecule has 0 aromatic heterocycles. The molecule has 0 radical (unpaired) electrons. The van der Waals surface area contributed by atoms with Gasteiger partial charge < -0.3 is 0 Å². The van der Waals surface area contributed by atoms with Crippen LogP contribution in [0.3, 0.4) is 0 Å². The molecule has 0 unspecified atom stereocenters. The number of nitrogens with zero attached hydrogens (tertiary/aromatic N) is 1. The molecule has 108 valence electrons. The van der Waals surface area contributed by atoms with Crippen LogP contribution in [0.15, 0.2) is 0 Å². The van der Waals surface area contributed by atoms with Gasteiger partial charge in [0, 0.05) is 13.1 Å². The second-order valence-corrected chi connectivity index (χ2v) is 9.84. The molecular weight excluding hydrogens is 254 g/mol. The van der Waals surface area contributed by atoms with Crippen molar-refractivity contribution < 1.29 is 4.21 Å². The van der Waals surface area contributed by atoms with E-state index in [0.717, 1.165) is 36.8 Å². The first-order valence-electron chi connectivity index (χ1n) is 8.31. The lowest BCUT2D eigenvalue weighted by atomic mass is 9.56. The van der Waals surface area contributed by atoms with Gasteiger partial charge in [0.1, 0.15) is 11.0 Å². The van der Waals surface area contributed by atoms with E-state index in [2.05, 4.69) is 11.2 Å². The summed E-state index contributed by atoms with van der Waals surface area (Å²) in [4.78, 5) is 0. The van der Waals surface area contributed by atoms with Crippen molar-refractivity contribution in [2.45, 2.75) is 63.0 Å². The van der Waals surface area contributed by atoms with E-state index in [1.165, 1.54) is 51.4 Å². The minimum absolute atomic E-state index is 0.204. The fourth-order valence-electron chi connectivity index (χ4n) is 5.67. The number of piperidine rings is 1. The highest BCUT2D eigenvalue weighted by Gasteiger charge is 2.55.